The Bertz CT molecular complexity index is 539. The molecule has 1 amide bonds. The Morgan fingerprint density at radius 3 is 2.12 bits per heavy atom. The standard InChI is InChI=1S/C22H36FNO/c1-7-9-11-18(12-10-8-2)24(21(25)16-22(4,5)6)19-13-14-20(23)17(3)15-19/h13-15,18H,7-12,16H2,1-6H3. The van der Waals surface area contributed by atoms with Crippen LogP contribution in [-0.4, -0.2) is 11.9 Å². The highest BCUT2D eigenvalue weighted by Gasteiger charge is 2.28. The lowest BCUT2D eigenvalue weighted by molar-refractivity contribution is -0.120. The number of carbonyl (C=O) groups excluding carboxylic acids is 1. The molecule has 0 heterocycles. The first kappa shape index (κ1) is 21.7. The molecule has 1 aromatic rings. The van der Waals surface area contributed by atoms with Crippen molar-refractivity contribution < 1.29 is 9.18 Å². The number of hydrogen-bond donors (Lipinski definition) is 0. The van der Waals surface area contributed by atoms with Crippen molar-refractivity contribution in [1.82, 2.24) is 0 Å². The summed E-state index contributed by atoms with van der Waals surface area (Å²) in [4.78, 5) is 15.1. The minimum absolute atomic E-state index is 0.0650. The normalized spacial score (nSPS) is 11.8. The summed E-state index contributed by atoms with van der Waals surface area (Å²) in [5.41, 5.74) is 1.37. The van der Waals surface area contributed by atoms with Crippen LogP contribution in [0.25, 0.3) is 0 Å². The Labute approximate surface area is 153 Å². The van der Waals surface area contributed by atoms with Crippen molar-refractivity contribution in [2.45, 2.75) is 92.5 Å². The number of halogens is 1. The lowest BCUT2D eigenvalue weighted by Gasteiger charge is -2.34. The fraction of sp³-hybridized carbons (Fsp3) is 0.682. The van der Waals surface area contributed by atoms with Crippen molar-refractivity contribution in [3.63, 3.8) is 0 Å². The van der Waals surface area contributed by atoms with Crippen LogP contribution in [0.2, 0.25) is 0 Å². The van der Waals surface area contributed by atoms with Gasteiger partial charge in [0.1, 0.15) is 5.82 Å². The summed E-state index contributed by atoms with van der Waals surface area (Å²) in [5, 5.41) is 0. The molecule has 0 aliphatic rings. The average Bonchev–Trinajstić information content (AvgIpc) is 2.51. The third kappa shape index (κ3) is 7.17. The summed E-state index contributed by atoms with van der Waals surface area (Å²) in [7, 11) is 0. The second-order valence-electron chi connectivity index (χ2n) is 8.37. The van der Waals surface area contributed by atoms with Gasteiger partial charge in [-0.1, -0.05) is 60.3 Å². The summed E-state index contributed by atoms with van der Waals surface area (Å²) >= 11 is 0. The summed E-state index contributed by atoms with van der Waals surface area (Å²) in [5.74, 6) is -0.0682. The first-order valence-electron chi connectivity index (χ1n) is 9.77. The van der Waals surface area contributed by atoms with E-state index in [1.54, 1.807) is 13.0 Å². The van der Waals surface area contributed by atoms with Gasteiger partial charge in [0.15, 0.2) is 0 Å². The molecule has 0 bridgehead atoms. The number of benzene rings is 1. The smallest absolute Gasteiger partial charge is 0.227 e. The summed E-state index contributed by atoms with van der Waals surface area (Å²) in [6, 6.07) is 5.26. The van der Waals surface area contributed by atoms with Crippen LogP contribution in [0.5, 0.6) is 0 Å². The monoisotopic (exact) mass is 349 g/mol. The largest absolute Gasteiger partial charge is 0.309 e. The summed E-state index contributed by atoms with van der Waals surface area (Å²) < 4.78 is 13.7. The highest BCUT2D eigenvalue weighted by atomic mass is 19.1. The van der Waals surface area contributed by atoms with Crippen LogP contribution in [0.4, 0.5) is 10.1 Å². The Hall–Kier alpha value is -1.38. The van der Waals surface area contributed by atoms with Crippen LogP contribution in [-0.2, 0) is 4.79 Å². The highest BCUT2D eigenvalue weighted by molar-refractivity contribution is 5.94. The molecule has 0 spiro atoms. The Kier molecular flexibility index (Phi) is 8.61. The fourth-order valence-corrected chi connectivity index (χ4v) is 3.16. The number of carbonyl (C=O) groups is 1. The lowest BCUT2D eigenvalue weighted by Crippen LogP contribution is -2.42. The first-order valence-corrected chi connectivity index (χ1v) is 9.77. The van der Waals surface area contributed by atoms with Gasteiger partial charge in [-0.2, -0.15) is 0 Å². The number of aryl methyl sites for hydroxylation is 1. The molecule has 1 aromatic carbocycles. The molecule has 0 fully saturated rings. The van der Waals surface area contributed by atoms with Crippen molar-refractivity contribution in [1.29, 1.82) is 0 Å². The molecule has 0 saturated carbocycles. The average molecular weight is 350 g/mol. The quantitative estimate of drug-likeness (QED) is 0.488. The predicted molar refractivity (Wildman–Crippen MR) is 106 cm³/mol. The van der Waals surface area contributed by atoms with Crippen LogP contribution < -0.4 is 4.90 Å². The maximum atomic E-state index is 13.7. The molecule has 0 atom stereocenters. The third-order valence-corrected chi connectivity index (χ3v) is 4.52. The van der Waals surface area contributed by atoms with E-state index in [1.165, 1.54) is 6.07 Å². The molecule has 2 nitrogen and oxygen atoms in total. The van der Waals surface area contributed by atoms with E-state index in [4.69, 9.17) is 0 Å². The topological polar surface area (TPSA) is 20.3 Å². The summed E-state index contributed by atoms with van der Waals surface area (Å²) in [6.45, 7) is 12.4. The Morgan fingerprint density at radius 2 is 1.68 bits per heavy atom. The number of amides is 1. The van der Waals surface area contributed by atoms with E-state index in [2.05, 4.69) is 34.6 Å². The minimum atomic E-state index is -0.217. The van der Waals surface area contributed by atoms with Gasteiger partial charge >= 0.3 is 0 Å². The number of nitrogens with zero attached hydrogens (tertiary/aromatic N) is 1. The molecule has 0 unspecified atom stereocenters. The van der Waals surface area contributed by atoms with E-state index in [0.29, 0.717) is 12.0 Å². The minimum Gasteiger partial charge on any atom is -0.309 e. The second-order valence-corrected chi connectivity index (χ2v) is 8.37. The SMILES string of the molecule is CCCCC(CCCC)N(C(=O)CC(C)(C)C)c1ccc(F)c(C)c1. The molecule has 0 N–H and O–H groups in total. The van der Waals surface area contributed by atoms with E-state index in [0.717, 1.165) is 44.2 Å². The Morgan fingerprint density at radius 1 is 1.12 bits per heavy atom. The van der Waals surface area contributed by atoms with Gasteiger partial charge in [-0.25, -0.2) is 4.39 Å². The van der Waals surface area contributed by atoms with Crippen molar-refractivity contribution in [2.24, 2.45) is 5.41 Å². The number of anilines is 1. The van der Waals surface area contributed by atoms with Gasteiger partial charge in [0.05, 0.1) is 0 Å². The zero-order valence-corrected chi connectivity index (χ0v) is 17.0. The van der Waals surface area contributed by atoms with Gasteiger partial charge in [-0.3, -0.25) is 4.79 Å². The van der Waals surface area contributed by atoms with Gasteiger partial charge in [0, 0.05) is 18.2 Å². The third-order valence-electron chi connectivity index (χ3n) is 4.52. The molecule has 25 heavy (non-hydrogen) atoms. The second kappa shape index (κ2) is 9.94. The molecular formula is C22H36FNO. The maximum absolute atomic E-state index is 13.7. The van der Waals surface area contributed by atoms with Crippen LogP contribution in [0.15, 0.2) is 18.2 Å². The number of rotatable bonds is 9. The van der Waals surface area contributed by atoms with Crippen LogP contribution in [0.1, 0.15) is 85.1 Å². The molecular weight excluding hydrogens is 313 g/mol. The van der Waals surface area contributed by atoms with E-state index < -0.39 is 0 Å². The van der Waals surface area contributed by atoms with Crippen molar-refractivity contribution in [3.8, 4) is 0 Å². The molecule has 0 saturated heterocycles. The summed E-state index contributed by atoms with van der Waals surface area (Å²) in [6.07, 6.45) is 6.95. The van der Waals surface area contributed by atoms with Gasteiger partial charge in [-0.15, -0.1) is 0 Å². The van der Waals surface area contributed by atoms with E-state index in [1.807, 2.05) is 11.0 Å². The van der Waals surface area contributed by atoms with Crippen LogP contribution in [0.3, 0.4) is 0 Å². The van der Waals surface area contributed by atoms with Gasteiger partial charge in [0.2, 0.25) is 5.91 Å². The Balaban J connectivity index is 3.21. The van der Waals surface area contributed by atoms with Crippen LogP contribution >= 0.6 is 0 Å². The zero-order valence-electron chi connectivity index (χ0n) is 17.0. The van der Waals surface area contributed by atoms with Crippen molar-refractivity contribution in [3.05, 3.63) is 29.6 Å². The van der Waals surface area contributed by atoms with Crippen molar-refractivity contribution >= 4 is 11.6 Å². The first-order chi connectivity index (χ1) is 11.7. The molecule has 0 radical (unpaired) electrons. The molecule has 0 aliphatic heterocycles. The van der Waals surface area contributed by atoms with Crippen molar-refractivity contribution in [2.75, 3.05) is 4.90 Å². The molecule has 1 rings (SSSR count). The lowest BCUT2D eigenvalue weighted by atomic mass is 9.90. The molecule has 0 aromatic heterocycles. The van der Waals surface area contributed by atoms with Gasteiger partial charge < -0.3 is 4.90 Å². The predicted octanol–water partition coefficient (Wildman–Crippen LogP) is 6.65. The molecule has 142 valence electrons. The van der Waals surface area contributed by atoms with Gasteiger partial charge in [0.25, 0.3) is 0 Å². The fourth-order valence-electron chi connectivity index (χ4n) is 3.16. The zero-order chi connectivity index (χ0) is 19.0. The molecule has 3 heteroatoms. The number of unbranched alkanes of at least 4 members (excludes halogenated alkanes) is 2. The van der Waals surface area contributed by atoms with E-state index >= 15 is 0 Å². The highest BCUT2D eigenvalue weighted by Crippen LogP contribution is 2.29. The maximum Gasteiger partial charge on any atom is 0.227 e. The number of hydrogen-bond acceptors (Lipinski definition) is 1. The van der Waals surface area contributed by atoms with Gasteiger partial charge in [-0.05, 0) is 48.9 Å². The van der Waals surface area contributed by atoms with E-state index in [9.17, 15) is 9.18 Å². The van der Waals surface area contributed by atoms with Crippen LogP contribution in [0, 0.1) is 18.2 Å². The van der Waals surface area contributed by atoms with E-state index in [-0.39, 0.29) is 23.2 Å². The molecule has 0 aliphatic carbocycles.